The van der Waals surface area contributed by atoms with E-state index in [2.05, 4.69) is 0 Å². The standard InChI is InChI=1S/C20H16F2O4/c21-17-9-5-15(6-10-17)13-25-19(23)3-1-2-4-20(24)26-14-16-7-11-18(22)12-8-16/h1-12H,13-14H2/b3-1+,4-2+. The van der Waals surface area contributed by atoms with E-state index in [-0.39, 0.29) is 24.8 Å². The van der Waals surface area contributed by atoms with Crippen molar-refractivity contribution in [1.82, 2.24) is 0 Å². The van der Waals surface area contributed by atoms with Gasteiger partial charge in [-0.05, 0) is 35.4 Å². The third-order valence-electron chi connectivity index (χ3n) is 3.16. The summed E-state index contributed by atoms with van der Waals surface area (Å²) in [7, 11) is 0. The fraction of sp³-hybridized carbons (Fsp3) is 0.100. The molecule has 2 aromatic carbocycles. The van der Waals surface area contributed by atoms with Gasteiger partial charge in [-0.25, -0.2) is 18.4 Å². The number of esters is 2. The van der Waals surface area contributed by atoms with Gasteiger partial charge in [-0.2, -0.15) is 0 Å². The van der Waals surface area contributed by atoms with Crippen LogP contribution in [0.25, 0.3) is 0 Å². The Bertz CT molecular complexity index is 724. The van der Waals surface area contributed by atoms with Crippen LogP contribution in [0.4, 0.5) is 8.78 Å². The highest BCUT2D eigenvalue weighted by molar-refractivity contribution is 5.84. The third-order valence-corrected chi connectivity index (χ3v) is 3.16. The van der Waals surface area contributed by atoms with Gasteiger partial charge in [0.05, 0.1) is 0 Å². The summed E-state index contributed by atoms with van der Waals surface area (Å²) in [5.74, 6) is -1.93. The van der Waals surface area contributed by atoms with E-state index in [1.54, 1.807) is 0 Å². The lowest BCUT2D eigenvalue weighted by Gasteiger charge is -2.02. The zero-order valence-corrected chi connectivity index (χ0v) is 13.7. The average Bonchev–Trinajstić information content (AvgIpc) is 2.64. The van der Waals surface area contributed by atoms with E-state index >= 15 is 0 Å². The maximum atomic E-state index is 12.7. The zero-order valence-electron chi connectivity index (χ0n) is 13.7. The Labute approximate surface area is 149 Å². The number of halogens is 2. The molecule has 0 fully saturated rings. The lowest BCUT2D eigenvalue weighted by atomic mass is 10.2. The minimum Gasteiger partial charge on any atom is -0.458 e. The van der Waals surface area contributed by atoms with Gasteiger partial charge in [-0.3, -0.25) is 0 Å². The monoisotopic (exact) mass is 358 g/mol. The molecule has 2 rings (SSSR count). The van der Waals surface area contributed by atoms with Crippen LogP contribution in [0, 0.1) is 11.6 Å². The molecule has 2 aromatic rings. The highest BCUT2D eigenvalue weighted by Gasteiger charge is 2.00. The summed E-state index contributed by atoms with van der Waals surface area (Å²) in [6.45, 7) is 0.0414. The fourth-order valence-electron chi connectivity index (χ4n) is 1.83. The van der Waals surface area contributed by atoms with Crippen molar-refractivity contribution >= 4 is 11.9 Å². The van der Waals surface area contributed by atoms with Crippen LogP contribution < -0.4 is 0 Å². The fourth-order valence-corrected chi connectivity index (χ4v) is 1.83. The quantitative estimate of drug-likeness (QED) is 0.428. The van der Waals surface area contributed by atoms with Gasteiger partial charge in [-0.1, -0.05) is 36.4 Å². The maximum absolute atomic E-state index is 12.7. The molecule has 0 aliphatic rings. The van der Waals surface area contributed by atoms with Crippen molar-refractivity contribution in [2.75, 3.05) is 0 Å². The number of hydrogen-bond donors (Lipinski definition) is 0. The Balaban J connectivity index is 1.68. The molecule has 0 amide bonds. The Morgan fingerprint density at radius 1 is 0.692 bits per heavy atom. The van der Waals surface area contributed by atoms with Crippen molar-refractivity contribution in [3.63, 3.8) is 0 Å². The molecule has 0 saturated carbocycles. The van der Waals surface area contributed by atoms with E-state index < -0.39 is 11.9 Å². The van der Waals surface area contributed by atoms with Crippen LogP contribution in [0.3, 0.4) is 0 Å². The zero-order chi connectivity index (χ0) is 18.8. The van der Waals surface area contributed by atoms with Crippen LogP contribution in [0.15, 0.2) is 72.8 Å². The summed E-state index contributed by atoms with van der Waals surface area (Å²) in [6, 6.07) is 11.2. The van der Waals surface area contributed by atoms with Gasteiger partial charge in [0.25, 0.3) is 0 Å². The normalized spacial score (nSPS) is 11.0. The van der Waals surface area contributed by atoms with Gasteiger partial charge in [0, 0.05) is 12.2 Å². The van der Waals surface area contributed by atoms with Gasteiger partial charge in [0.15, 0.2) is 0 Å². The summed E-state index contributed by atoms with van der Waals surface area (Å²) in [6.07, 6.45) is 4.97. The van der Waals surface area contributed by atoms with Gasteiger partial charge in [-0.15, -0.1) is 0 Å². The lowest BCUT2D eigenvalue weighted by molar-refractivity contribution is -0.140. The molecule has 0 spiro atoms. The highest BCUT2D eigenvalue weighted by atomic mass is 19.1. The molecule has 0 N–H and O–H groups in total. The van der Waals surface area contributed by atoms with Crippen molar-refractivity contribution < 1.29 is 27.8 Å². The van der Waals surface area contributed by atoms with Crippen LogP contribution >= 0.6 is 0 Å². The van der Waals surface area contributed by atoms with Gasteiger partial charge in [0.1, 0.15) is 24.8 Å². The average molecular weight is 358 g/mol. The number of ether oxygens (including phenoxy) is 2. The highest BCUT2D eigenvalue weighted by Crippen LogP contribution is 2.05. The van der Waals surface area contributed by atoms with Gasteiger partial charge < -0.3 is 9.47 Å². The molecule has 0 aromatic heterocycles. The number of rotatable bonds is 7. The summed E-state index contributed by atoms with van der Waals surface area (Å²) in [4.78, 5) is 23.0. The van der Waals surface area contributed by atoms with Crippen molar-refractivity contribution in [3.05, 3.63) is 95.6 Å². The number of benzene rings is 2. The Kier molecular flexibility index (Phi) is 7.24. The van der Waals surface area contributed by atoms with Crippen molar-refractivity contribution in [1.29, 1.82) is 0 Å². The largest absolute Gasteiger partial charge is 0.458 e. The lowest BCUT2D eigenvalue weighted by Crippen LogP contribution is -2.01. The Hall–Kier alpha value is -3.28. The van der Waals surface area contributed by atoms with Crippen LogP contribution in [0.2, 0.25) is 0 Å². The van der Waals surface area contributed by atoms with Gasteiger partial charge >= 0.3 is 11.9 Å². The van der Waals surface area contributed by atoms with E-state index in [0.29, 0.717) is 11.1 Å². The first-order chi connectivity index (χ1) is 12.5. The molecule has 0 unspecified atom stereocenters. The molecule has 0 atom stereocenters. The van der Waals surface area contributed by atoms with E-state index in [1.165, 1.54) is 60.7 Å². The predicted octanol–water partition coefficient (Wildman–Crippen LogP) is 3.86. The molecule has 0 bridgehead atoms. The van der Waals surface area contributed by atoms with Crippen LogP contribution in [-0.2, 0) is 32.3 Å². The number of carbonyl (C=O) groups is 2. The van der Waals surface area contributed by atoms with Crippen molar-refractivity contribution in [2.24, 2.45) is 0 Å². The first-order valence-corrected chi connectivity index (χ1v) is 7.70. The smallest absolute Gasteiger partial charge is 0.331 e. The van der Waals surface area contributed by atoms with E-state index in [0.717, 1.165) is 12.2 Å². The molecule has 26 heavy (non-hydrogen) atoms. The summed E-state index contributed by atoms with van der Waals surface area (Å²) < 4.78 is 35.4. The minimum absolute atomic E-state index is 0.0207. The topological polar surface area (TPSA) is 52.6 Å². The summed E-state index contributed by atoms with van der Waals surface area (Å²) in [5, 5.41) is 0. The Morgan fingerprint density at radius 3 is 1.38 bits per heavy atom. The van der Waals surface area contributed by atoms with Crippen molar-refractivity contribution in [2.45, 2.75) is 13.2 Å². The molecule has 0 saturated heterocycles. The summed E-state index contributed by atoms with van der Waals surface area (Å²) >= 11 is 0. The first kappa shape index (κ1) is 19.1. The molecule has 0 heterocycles. The molecule has 0 aliphatic heterocycles. The SMILES string of the molecule is O=C(/C=C/C=C/C(=O)OCc1ccc(F)cc1)OCc1ccc(F)cc1. The molecule has 0 aliphatic carbocycles. The molecule has 4 nitrogen and oxygen atoms in total. The molecule has 134 valence electrons. The van der Waals surface area contributed by atoms with E-state index in [1.807, 2.05) is 0 Å². The number of allylic oxidation sites excluding steroid dienone is 2. The van der Waals surface area contributed by atoms with Crippen LogP contribution in [-0.4, -0.2) is 11.9 Å². The molecule has 6 heteroatoms. The molecular formula is C20H16F2O4. The van der Waals surface area contributed by atoms with E-state index in [9.17, 15) is 18.4 Å². The predicted molar refractivity (Wildman–Crippen MR) is 90.7 cm³/mol. The van der Waals surface area contributed by atoms with Crippen molar-refractivity contribution in [3.8, 4) is 0 Å². The number of hydrogen-bond acceptors (Lipinski definition) is 4. The van der Waals surface area contributed by atoms with Crippen LogP contribution in [0.1, 0.15) is 11.1 Å². The third kappa shape index (κ3) is 7.09. The minimum atomic E-state index is -0.598. The molecular weight excluding hydrogens is 342 g/mol. The van der Waals surface area contributed by atoms with Crippen LogP contribution in [0.5, 0.6) is 0 Å². The Morgan fingerprint density at radius 2 is 1.04 bits per heavy atom. The second-order valence-corrected chi connectivity index (χ2v) is 5.19. The maximum Gasteiger partial charge on any atom is 0.331 e. The number of carbonyl (C=O) groups excluding carboxylic acids is 2. The first-order valence-electron chi connectivity index (χ1n) is 7.70. The molecule has 0 radical (unpaired) electrons. The van der Waals surface area contributed by atoms with Gasteiger partial charge in [0.2, 0.25) is 0 Å². The summed E-state index contributed by atoms with van der Waals surface area (Å²) in [5.41, 5.74) is 1.32. The second kappa shape index (κ2) is 9.88. The van der Waals surface area contributed by atoms with E-state index in [4.69, 9.17) is 9.47 Å². The second-order valence-electron chi connectivity index (χ2n) is 5.19.